The fourth-order valence-corrected chi connectivity index (χ4v) is 5.93. The van der Waals surface area contributed by atoms with E-state index in [4.69, 9.17) is 26.9 Å². The van der Waals surface area contributed by atoms with Gasteiger partial charge in [-0.3, -0.25) is 0 Å². The standard InChI is InChI=1S/C27H40N6O2/c1-24(2)22(25(3,4)27(7,8)26(24,5)6)19(14-29-9)33-15-17(13-32-33)21-18(12-20(34-10)35-11)23(28)31-16-30-21/h13,15-16,20H,12,14H2,1-8,10-11H3,(H2,28,30,31). The predicted octanol–water partition coefficient (Wildman–Crippen LogP) is 5.33. The first-order valence-corrected chi connectivity index (χ1v) is 12.0. The third-order valence-electron chi connectivity index (χ3n) is 9.46. The van der Waals surface area contributed by atoms with Crippen molar-refractivity contribution in [1.82, 2.24) is 19.7 Å². The molecule has 1 aliphatic rings. The summed E-state index contributed by atoms with van der Waals surface area (Å²) in [6.45, 7) is 26.5. The van der Waals surface area contributed by atoms with Crippen LogP contribution in [0.2, 0.25) is 0 Å². The number of nitrogen functional groups attached to an aromatic ring is 1. The molecule has 1 fully saturated rings. The topological polar surface area (TPSA) is 92.4 Å². The Hall–Kier alpha value is -2.76. The molecule has 1 aliphatic carbocycles. The third-order valence-corrected chi connectivity index (χ3v) is 9.46. The minimum Gasteiger partial charge on any atom is -0.383 e. The van der Waals surface area contributed by atoms with Gasteiger partial charge in [0.05, 0.1) is 11.9 Å². The normalized spacial score (nSPS) is 19.7. The molecule has 0 bridgehead atoms. The first kappa shape index (κ1) is 26.8. The van der Waals surface area contributed by atoms with Gasteiger partial charge >= 0.3 is 0 Å². The molecule has 8 nitrogen and oxygen atoms in total. The van der Waals surface area contributed by atoms with Crippen molar-refractivity contribution in [3.8, 4) is 11.3 Å². The van der Waals surface area contributed by atoms with Crippen LogP contribution in [0.25, 0.3) is 21.8 Å². The van der Waals surface area contributed by atoms with E-state index in [0.29, 0.717) is 17.9 Å². The van der Waals surface area contributed by atoms with Gasteiger partial charge in [-0.15, -0.1) is 0 Å². The fraction of sp³-hybridized carbons (Fsp3) is 0.630. The van der Waals surface area contributed by atoms with Gasteiger partial charge in [0.1, 0.15) is 17.8 Å². The lowest BCUT2D eigenvalue weighted by Crippen LogP contribution is -2.40. The van der Waals surface area contributed by atoms with Gasteiger partial charge in [0.2, 0.25) is 0 Å². The highest BCUT2D eigenvalue weighted by molar-refractivity contribution is 5.68. The second-order valence-corrected chi connectivity index (χ2v) is 11.5. The molecule has 0 atom stereocenters. The van der Waals surface area contributed by atoms with E-state index in [1.54, 1.807) is 20.4 Å². The van der Waals surface area contributed by atoms with Gasteiger partial charge in [-0.05, 0) is 27.2 Å². The molecule has 2 heterocycles. The van der Waals surface area contributed by atoms with Crippen LogP contribution in [0.4, 0.5) is 5.82 Å². The number of methoxy groups -OCH3 is 2. The molecule has 0 spiro atoms. The van der Waals surface area contributed by atoms with Gasteiger partial charge in [0.25, 0.3) is 6.54 Å². The van der Waals surface area contributed by atoms with Gasteiger partial charge in [0.15, 0.2) is 6.29 Å². The molecule has 35 heavy (non-hydrogen) atoms. The lowest BCUT2D eigenvalue weighted by atomic mass is 9.57. The van der Waals surface area contributed by atoms with Crippen molar-refractivity contribution in [2.24, 2.45) is 21.7 Å². The van der Waals surface area contributed by atoms with Crippen LogP contribution in [0.3, 0.4) is 0 Å². The van der Waals surface area contributed by atoms with E-state index in [0.717, 1.165) is 16.8 Å². The van der Waals surface area contributed by atoms with E-state index < -0.39 is 6.29 Å². The Morgan fingerprint density at radius 2 is 1.60 bits per heavy atom. The van der Waals surface area contributed by atoms with Crippen molar-refractivity contribution >= 4 is 11.5 Å². The van der Waals surface area contributed by atoms with Crippen molar-refractivity contribution < 1.29 is 9.47 Å². The average molecular weight is 481 g/mol. The summed E-state index contributed by atoms with van der Waals surface area (Å²) in [5, 5.41) is 4.72. The molecule has 2 aromatic heterocycles. The minimum atomic E-state index is -0.471. The van der Waals surface area contributed by atoms with Crippen LogP contribution in [0.1, 0.15) is 61.0 Å². The average Bonchev–Trinajstić information content (AvgIpc) is 3.28. The Balaban J connectivity index is 2.21. The predicted molar refractivity (Wildman–Crippen MR) is 139 cm³/mol. The first-order valence-electron chi connectivity index (χ1n) is 12.0. The smallest absolute Gasteiger partial charge is 0.256 e. The third kappa shape index (κ3) is 3.95. The SMILES string of the molecule is [C-]#[N+]CC(=C1C(C)(C)C(C)(C)C(C)(C)C1(C)C)n1cc(-c2ncnc(N)c2CC(OC)OC)cn1. The highest BCUT2D eigenvalue weighted by Gasteiger charge is 2.66. The first-order chi connectivity index (χ1) is 16.2. The van der Waals surface area contributed by atoms with Crippen LogP contribution in [-0.2, 0) is 15.9 Å². The largest absolute Gasteiger partial charge is 0.383 e. The molecule has 0 amide bonds. The summed E-state index contributed by atoms with van der Waals surface area (Å²) in [6, 6.07) is 0. The molecule has 0 saturated heterocycles. The number of nitrogens with two attached hydrogens (primary N) is 1. The van der Waals surface area contributed by atoms with Crippen LogP contribution in [0.15, 0.2) is 24.3 Å². The van der Waals surface area contributed by atoms with E-state index in [1.807, 2.05) is 10.9 Å². The highest BCUT2D eigenvalue weighted by atomic mass is 16.7. The van der Waals surface area contributed by atoms with Gasteiger partial charge in [-0.2, -0.15) is 5.10 Å². The summed E-state index contributed by atoms with van der Waals surface area (Å²) < 4.78 is 12.6. The number of rotatable bonds is 7. The fourth-order valence-electron chi connectivity index (χ4n) is 5.93. The Labute approximate surface area is 209 Å². The number of allylic oxidation sites excluding steroid dienone is 1. The Kier molecular flexibility index (Phi) is 6.93. The highest BCUT2D eigenvalue weighted by Crippen LogP contribution is 2.73. The second-order valence-electron chi connectivity index (χ2n) is 11.5. The van der Waals surface area contributed by atoms with Crippen molar-refractivity contribution in [2.75, 3.05) is 26.5 Å². The summed E-state index contributed by atoms with van der Waals surface area (Å²) in [6.07, 6.45) is 5.10. The maximum absolute atomic E-state index is 7.74. The van der Waals surface area contributed by atoms with Crippen LogP contribution >= 0.6 is 0 Å². The van der Waals surface area contributed by atoms with Gasteiger partial charge < -0.3 is 20.1 Å². The molecule has 0 aromatic carbocycles. The number of hydrogen-bond donors (Lipinski definition) is 1. The molecule has 2 aromatic rings. The lowest BCUT2D eigenvalue weighted by molar-refractivity contribution is -0.100. The molecule has 0 aliphatic heterocycles. The molecular formula is C27H40N6O2. The summed E-state index contributed by atoms with van der Waals surface area (Å²) in [4.78, 5) is 12.5. The Morgan fingerprint density at radius 3 is 2.11 bits per heavy atom. The van der Waals surface area contributed by atoms with Gasteiger partial charge in [-0.25, -0.2) is 21.2 Å². The quantitative estimate of drug-likeness (QED) is 0.425. The van der Waals surface area contributed by atoms with E-state index in [-0.39, 0.29) is 28.2 Å². The minimum absolute atomic E-state index is 0.00825. The molecule has 2 N–H and O–H groups in total. The summed E-state index contributed by atoms with van der Waals surface area (Å²) >= 11 is 0. The molecular weight excluding hydrogens is 440 g/mol. The van der Waals surface area contributed by atoms with Gasteiger partial charge in [-0.1, -0.05) is 55.4 Å². The molecule has 0 unspecified atom stereocenters. The molecule has 1 saturated carbocycles. The lowest BCUT2D eigenvalue weighted by Gasteiger charge is -2.46. The van der Waals surface area contributed by atoms with Crippen LogP contribution < -0.4 is 5.73 Å². The molecule has 190 valence electrons. The maximum atomic E-state index is 7.74. The van der Waals surface area contributed by atoms with Gasteiger partial charge in [0, 0.05) is 38.0 Å². The number of aromatic nitrogens is 4. The van der Waals surface area contributed by atoms with Crippen LogP contribution in [-0.4, -0.2) is 46.8 Å². The zero-order valence-electron chi connectivity index (χ0n) is 22.9. The Morgan fingerprint density at radius 1 is 1.03 bits per heavy atom. The maximum Gasteiger partial charge on any atom is 0.256 e. The van der Waals surface area contributed by atoms with E-state index >= 15 is 0 Å². The van der Waals surface area contributed by atoms with Crippen LogP contribution in [0.5, 0.6) is 0 Å². The van der Waals surface area contributed by atoms with Crippen molar-refractivity contribution in [3.63, 3.8) is 0 Å². The van der Waals surface area contributed by atoms with Crippen molar-refractivity contribution in [2.45, 2.75) is 68.1 Å². The zero-order chi connectivity index (χ0) is 26.4. The zero-order valence-corrected chi connectivity index (χ0v) is 22.9. The molecule has 0 radical (unpaired) electrons. The van der Waals surface area contributed by atoms with Crippen molar-refractivity contribution in [1.29, 1.82) is 0 Å². The summed E-state index contributed by atoms with van der Waals surface area (Å²) in [5.41, 5.74) is 10.3. The molecule has 8 heteroatoms. The summed E-state index contributed by atoms with van der Waals surface area (Å²) in [7, 11) is 3.17. The summed E-state index contributed by atoms with van der Waals surface area (Å²) in [5.74, 6) is 0.378. The van der Waals surface area contributed by atoms with E-state index in [2.05, 4.69) is 70.2 Å². The van der Waals surface area contributed by atoms with E-state index in [9.17, 15) is 0 Å². The monoisotopic (exact) mass is 480 g/mol. The second kappa shape index (κ2) is 9.03. The van der Waals surface area contributed by atoms with E-state index in [1.165, 1.54) is 11.9 Å². The number of ether oxygens (including phenoxy) is 2. The van der Waals surface area contributed by atoms with Crippen LogP contribution in [0, 0.1) is 28.2 Å². The number of nitrogens with zero attached hydrogens (tertiary/aromatic N) is 5. The number of hydrogen-bond acceptors (Lipinski definition) is 6. The van der Waals surface area contributed by atoms with Crippen molar-refractivity contribution in [3.05, 3.63) is 41.3 Å². The molecule has 3 rings (SSSR count). The number of anilines is 1. The Bertz CT molecular complexity index is 1130.